The minimum atomic E-state index is -4.81. The first-order chi connectivity index (χ1) is 12.7. The van der Waals surface area contributed by atoms with Crippen molar-refractivity contribution < 1.29 is 31.5 Å². The Morgan fingerprint density at radius 3 is 2.57 bits per heavy atom. The fourth-order valence-corrected chi connectivity index (χ4v) is 2.65. The molecular weight excluding hydrogens is 403 g/mol. The molecule has 2 rings (SSSR count). The Balaban J connectivity index is 2.22. The molecule has 0 saturated heterocycles. The van der Waals surface area contributed by atoms with Crippen molar-refractivity contribution in [2.45, 2.75) is 30.1 Å². The molecule has 1 aromatic carbocycles. The summed E-state index contributed by atoms with van der Waals surface area (Å²) in [6.07, 6.45) is -2.91. The number of carbonyl (C=O) groups excluding carboxylic acids is 1. The molecule has 0 aliphatic carbocycles. The highest BCUT2D eigenvalue weighted by atomic mass is 32.2. The van der Waals surface area contributed by atoms with E-state index in [0.717, 1.165) is 36.1 Å². The van der Waals surface area contributed by atoms with Gasteiger partial charge in [-0.3, -0.25) is 9.48 Å². The molecule has 0 radical (unpaired) electrons. The summed E-state index contributed by atoms with van der Waals surface area (Å²) in [5.74, 6) is -1.07. The molecule has 9 nitrogen and oxygen atoms in total. The molecule has 1 unspecified atom stereocenters. The van der Waals surface area contributed by atoms with Crippen LogP contribution in [0.5, 0.6) is 0 Å². The molecule has 0 spiro atoms. The number of alkyl halides is 3. The van der Waals surface area contributed by atoms with Crippen LogP contribution in [0.2, 0.25) is 0 Å². The van der Waals surface area contributed by atoms with Gasteiger partial charge in [-0.2, -0.15) is 23.5 Å². The second-order valence-corrected chi connectivity index (χ2v) is 7.58. The molecule has 1 amide bonds. The van der Waals surface area contributed by atoms with Crippen LogP contribution in [0.15, 0.2) is 35.5 Å². The van der Waals surface area contributed by atoms with Crippen molar-refractivity contribution in [3.05, 3.63) is 41.7 Å². The van der Waals surface area contributed by atoms with E-state index in [2.05, 4.69) is 10.4 Å². The summed E-state index contributed by atoms with van der Waals surface area (Å²) in [4.78, 5) is 11.9. The Morgan fingerprint density at radius 1 is 1.43 bits per heavy atom. The minimum absolute atomic E-state index is 0.290. The molecule has 0 aliphatic heterocycles. The predicted molar refractivity (Wildman–Crippen MR) is 89.0 cm³/mol. The quantitative estimate of drug-likeness (QED) is 0.655. The van der Waals surface area contributed by atoms with Gasteiger partial charge in [0.25, 0.3) is 5.91 Å². The smallest absolute Gasteiger partial charge is 0.378 e. The van der Waals surface area contributed by atoms with E-state index < -0.39 is 45.4 Å². The topological polar surface area (TPSA) is 151 Å². The van der Waals surface area contributed by atoms with Crippen molar-refractivity contribution in [1.29, 1.82) is 5.26 Å². The number of nitrogens with one attached hydrogen (secondary N) is 1. The van der Waals surface area contributed by atoms with Crippen molar-refractivity contribution in [2.24, 2.45) is 5.14 Å². The number of aromatic nitrogens is 2. The average Bonchev–Trinajstić information content (AvgIpc) is 3.02. The van der Waals surface area contributed by atoms with Gasteiger partial charge in [0, 0.05) is 11.9 Å². The number of hydrogen-bond donors (Lipinski definition) is 3. The third-order valence-corrected chi connectivity index (χ3v) is 4.47. The second-order valence-electron chi connectivity index (χ2n) is 6.02. The molecule has 0 bridgehead atoms. The monoisotopic (exact) mass is 417 g/mol. The third kappa shape index (κ3) is 4.85. The number of aliphatic hydroxyl groups is 1. The van der Waals surface area contributed by atoms with Crippen LogP contribution in [0.4, 0.5) is 18.9 Å². The Hall–Kier alpha value is -2.95. The molecule has 1 aromatic heterocycles. The van der Waals surface area contributed by atoms with Crippen LogP contribution in [0.25, 0.3) is 0 Å². The van der Waals surface area contributed by atoms with Crippen LogP contribution < -0.4 is 10.5 Å². The Bertz CT molecular complexity index is 1050. The second kappa shape index (κ2) is 7.23. The van der Waals surface area contributed by atoms with Gasteiger partial charge >= 0.3 is 6.18 Å². The predicted octanol–water partition coefficient (Wildman–Crippen LogP) is 0.811. The number of nitrogens with zero attached hydrogens (tertiary/aromatic N) is 3. The summed E-state index contributed by atoms with van der Waals surface area (Å²) in [7, 11) is -4.03. The molecule has 4 N–H and O–H groups in total. The molecule has 28 heavy (non-hydrogen) atoms. The van der Waals surface area contributed by atoms with E-state index in [1.54, 1.807) is 0 Å². The maximum absolute atomic E-state index is 13.0. The van der Waals surface area contributed by atoms with E-state index in [4.69, 9.17) is 10.4 Å². The molecule has 1 atom stereocenters. The summed E-state index contributed by atoms with van der Waals surface area (Å²) < 4.78 is 62.4. The van der Waals surface area contributed by atoms with Crippen molar-refractivity contribution >= 4 is 21.6 Å². The maximum Gasteiger partial charge on any atom is 0.417 e. The van der Waals surface area contributed by atoms with Gasteiger partial charge in [-0.1, -0.05) is 0 Å². The lowest BCUT2D eigenvalue weighted by Gasteiger charge is -2.22. The number of carbonyl (C=O) groups is 1. The normalized spacial score (nSPS) is 14.2. The van der Waals surface area contributed by atoms with Gasteiger partial charge in [0.05, 0.1) is 29.9 Å². The largest absolute Gasteiger partial charge is 0.417 e. The standard InChI is InChI=1S/C15H14F3N5O4S/c1-14(25,8-23-7-11(6-21-23)28(20,26)27)13(24)22-10-3-2-9(5-19)12(4-10)15(16,17)18/h2-4,6-7,25H,8H2,1H3,(H,22,24)(H2,20,26,27). The summed E-state index contributed by atoms with van der Waals surface area (Å²) in [6, 6.07) is 3.94. The first-order valence-corrected chi connectivity index (χ1v) is 8.99. The van der Waals surface area contributed by atoms with Crippen LogP contribution in [-0.4, -0.2) is 34.8 Å². The number of hydrogen-bond acceptors (Lipinski definition) is 6. The zero-order valence-corrected chi connectivity index (χ0v) is 15.0. The minimum Gasteiger partial charge on any atom is -0.378 e. The highest BCUT2D eigenvalue weighted by molar-refractivity contribution is 7.89. The number of anilines is 1. The highest BCUT2D eigenvalue weighted by Crippen LogP contribution is 2.33. The first-order valence-electron chi connectivity index (χ1n) is 7.44. The fraction of sp³-hybridized carbons (Fsp3) is 0.267. The van der Waals surface area contributed by atoms with Crippen LogP contribution in [-0.2, 0) is 27.5 Å². The number of primary sulfonamides is 1. The van der Waals surface area contributed by atoms with Crippen molar-refractivity contribution in [2.75, 3.05) is 5.32 Å². The van der Waals surface area contributed by atoms with Crippen molar-refractivity contribution in [3.63, 3.8) is 0 Å². The van der Waals surface area contributed by atoms with Gasteiger partial charge in [-0.15, -0.1) is 0 Å². The molecule has 13 heteroatoms. The van der Waals surface area contributed by atoms with E-state index in [0.29, 0.717) is 6.07 Å². The zero-order chi connectivity index (χ0) is 21.3. The van der Waals surface area contributed by atoms with Gasteiger partial charge in [0.2, 0.25) is 10.0 Å². The van der Waals surface area contributed by atoms with Gasteiger partial charge in [0.1, 0.15) is 4.90 Å². The van der Waals surface area contributed by atoms with E-state index in [-0.39, 0.29) is 10.6 Å². The van der Waals surface area contributed by atoms with Gasteiger partial charge in [-0.25, -0.2) is 13.6 Å². The number of benzene rings is 1. The van der Waals surface area contributed by atoms with Crippen LogP contribution in [0.1, 0.15) is 18.1 Å². The number of nitriles is 1. The van der Waals surface area contributed by atoms with E-state index >= 15 is 0 Å². The lowest BCUT2D eigenvalue weighted by molar-refractivity contribution is -0.138. The SMILES string of the molecule is CC(O)(Cn1cc(S(N)(=O)=O)cn1)C(=O)Nc1ccc(C#N)c(C(F)(F)F)c1. The Labute approximate surface area is 157 Å². The van der Waals surface area contributed by atoms with E-state index in [1.807, 2.05) is 0 Å². The molecule has 0 fully saturated rings. The molecule has 150 valence electrons. The zero-order valence-electron chi connectivity index (χ0n) is 14.2. The summed E-state index contributed by atoms with van der Waals surface area (Å²) in [5, 5.41) is 29.8. The molecule has 2 aromatic rings. The van der Waals surface area contributed by atoms with Crippen LogP contribution in [0.3, 0.4) is 0 Å². The number of nitrogens with two attached hydrogens (primary N) is 1. The lowest BCUT2D eigenvalue weighted by Crippen LogP contribution is -2.43. The van der Waals surface area contributed by atoms with Gasteiger partial charge in [0.15, 0.2) is 5.60 Å². The maximum atomic E-state index is 13.0. The van der Waals surface area contributed by atoms with Crippen LogP contribution >= 0.6 is 0 Å². The molecule has 0 saturated carbocycles. The fourth-order valence-electron chi connectivity index (χ4n) is 2.19. The van der Waals surface area contributed by atoms with Crippen LogP contribution in [0, 0.1) is 11.3 Å². The third-order valence-electron chi connectivity index (χ3n) is 3.60. The highest BCUT2D eigenvalue weighted by Gasteiger charge is 2.35. The lowest BCUT2D eigenvalue weighted by atomic mass is 10.0. The number of amides is 1. The van der Waals surface area contributed by atoms with E-state index in [1.165, 1.54) is 6.07 Å². The Morgan fingerprint density at radius 2 is 2.07 bits per heavy atom. The molecule has 0 aliphatic rings. The van der Waals surface area contributed by atoms with E-state index in [9.17, 15) is 31.5 Å². The number of halogens is 3. The van der Waals surface area contributed by atoms with Gasteiger partial charge < -0.3 is 10.4 Å². The number of rotatable bonds is 5. The molecule has 1 heterocycles. The van der Waals surface area contributed by atoms with Crippen molar-refractivity contribution in [1.82, 2.24) is 9.78 Å². The number of sulfonamides is 1. The Kier molecular flexibility index (Phi) is 5.51. The van der Waals surface area contributed by atoms with Crippen molar-refractivity contribution in [3.8, 4) is 6.07 Å². The first kappa shape index (κ1) is 21.4. The summed E-state index contributed by atoms with van der Waals surface area (Å²) in [5.41, 5.74) is -4.31. The molecular formula is C15H14F3N5O4S. The average molecular weight is 417 g/mol. The van der Waals surface area contributed by atoms with Gasteiger partial charge in [-0.05, 0) is 25.1 Å². The summed E-state index contributed by atoms with van der Waals surface area (Å²) >= 11 is 0. The summed E-state index contributed by atoms with van der Waals surface area (Å²) in [6.45, 7) is 0.561.